The van der Waals surface area contributed by atoms with E-state index in [1.165, 1.54) is 25.7 Å². The van der Waals surface area contributed by atoms with Crippen LogP contribution in [0.15, 0.2) is 59.7 Å². The zero-order valence-electron chi connectivity index (χ0n) is 14.8. The first-order valence-corrected chi connectivity index (χ1v) is 8.91. The summed E-state index contributed by atoms with van der Waals surface area (Å²) in [5.74, 6) is 0.557. The Hall–Kier alpha value is -2.62. The molecule has 0 atom stereocenters. The minimum absolute atomic E-state index is 0.230. The first kappa shape index (κ1) is 18.7. The number of ether oxygens (including phenoxy) is 1. The number of amides is 1. The maximum absolute atomic E-state index is 12.0. The van der Waals surface area contributed by atoms with Gasteiger partial charge in [0, 0.05) is 11.1 Å². The number of hydrogen-bond donors (Lipinski definition) is 1. The van der Waals surface area contributed by atoms with Crippen LogP contribution in [0.25, 0.3) is 0 Å². The summed E-state index contributed by atoms with van der Waals surface area (Å²) in [5, 5.41) is 4.04. The third-order valence-electron chi connectivity index (χ3n) is 3.83. The summed E-state index contributed by atoms with van der Waals surface area (Å²) in [6.45, 7) is 2.91. The number of carbonyl (C=O) groups excluding carboxylic acids is 1. The summed E-state index contributed by atoms with van der Waals surface area (Å²) < 4.78 is 5.86. The minimum Gasteiger partial charge on any atom is -0.493 e. The average Bonchev–Trinajstić information content (AvgIpc) is 2.66. The molecule has 0 aromatic heterocycles. The summed E-state index contributed by atoms with van der Waals surface area (Å²) in [6.07, 6.45) is 7.65. The third kappa shape index (κ3) is 6.79. The Bertz CT molecular complexity index is 669. The Morgan fingerprint density at radius 3 is 2.52 bits per heavy atom. The van der Waals surface area contributed by atoms with Crippen LogP contribution in [-0.2, 0) is 0 Å². The standard InChI is InChI=1S/C21H26N2O2/c1-2-3-4-5-11-16-25-20-15-10-9-14-19(20)17-22-23-21(24)18-12-7-6-8-13-18/h6-10,12-15,17H,2-5,11,16H2,1H3,(H,23,24)/b22-17-. The maximum Gasteiger partial charge on any atom is 0.271 e. The van der Waals surface area contributed by atoms with Gasteiger partial charge in [-0.1, -0.05) is 62.9 Å². The molecule has 0 aliphatic heterocycles. The Morgan fingerprint density at radius 2 is 1.72 bits per heavy atom. The molecule has 0 fully saturated rings. The Kier molecular flexibility index (Phi) is 8.25. The van der Waals surface area contributed by atoms with Crippen LogP contribution in [0.3, 0.4) is 0 Å². The van der Waals surface area contributed by atoms with Gasteiger partial charge in [0.15, 0.2) is 0 Å². The first-order valence-electron chi connectivity index (χ1n) is 8.91. The van der Waals surface area contributed by atoms with Crippen LogP contribution in [0.4, 0.5) is 0 Å². The predicted molar refractivity (Wildman–Crippen MR) is 102 cm³/mol. The van der Waals surface area contributed by atoms with E-state index in [9.17, 15) is 4.79 Å². The van der Waals surface area contributed by atoms with Crippen LogP contribution in [-0.4, -0.2) is 18.7 Å². The van der Waals surface area contributed by atoms with E-state index >= 15 is 0 Å². The predicted octanol–water partition coefficient (Wildman–Crippen LogP) is 4.80. The topological polar surface area (TPSA) is 50.7 Å². The number of hydrazone groups is 1. The number of hydrogen-bond acceptors (Lipinski definition) is 3. The second kappa shape index (κ2) is 11.0. The van der Waals surface area contributed by atoms with Gasteiger partial charge in [0.1, 0.15) is 5.75 Å². The summed E-state index contributed by atoms with van der Waals surface area (Å²) in [6, 6.07) is 16.7. The van der Waals surface area contributed by atoms with Crippen LogP contribution in [0.2, 0.25) is 0 Å². The van der Waals surface area contributed by atoms with Gasteiger partial charge in [0.2, 0.25) is 0 Å². The molecule has 0 saturated carbocycles. The van der Waals surface area contributed by atoms with Crippen LogP contribution < -0.4 is 10.2 Å². The largest absolute Gasteiger partial charge is 0.493 e. The molecule has 25 heavy (non-hydrogen) atoms. The van der Waals surface area contributed by atoms with Gasteiger partial charge in [-0.25, -0.2) is 5.43 Å². The van der Waals surface area contributed by atoms with Crippen molar-refractivity contribution in [1.29, 1.82) is 0 Å². The second-order valence-electron chi connectivity index (χ2n) is 5.87. The zero-order valence-corrected chi connectivity index (χ0v) is 14.8. The molecular formula is C21H26N2O2. The Morgan fingerprint density at radius 1 is 1.00 bits per heavy atom. The van der Waals surface area contributed by atoms with Crippen LogP contribution in [0.1, 0.15) is 54.9 Å². The van der Waals surface area contributed by atoms with E-state index < -0.39 is 0 Å². The number of nitrogens with one attached hydrogen (secondary N) is 1. The quantitative estimate of drug-likeness (QED) is 0.384. The van der Waals surface area contributed by atoms with Gasteiger partial charge in [0.25, 0.3) is 5.91 Å². The Balaban J connectivity index is 1.84. The molecule has 0 radical (unpaired) electrons. The van der Waals surface area contributed by atoms with Gasteiger partial charge in [-0.05, 0) is 30.7 Å². The van der Waals surface area contributed by atoms with Gasteiger partial charge in [-0.2, -0.15) is 5.10 Å². The second-order valence-corrected chi connectivity index (χ2v) is 5.87. The molecule has 4 heteroatoms. The highest BCUT2D eigenvalue weighted by atomic mass is 16.5. The molecule has 0 bridgehead atoms. The van der Waals surface area contributed by atoms with Crippen molar-refractivity contribution in [2.45, 2.75) is 39.0 Å². The lowest BCUT2D eigenvalue weighted by atomic mass is 10.2. The number of nitrogens with zero attached hydrogens (tertiary/aromatic N) is 1. The van der Waals surface area contributed by atoms with Crippen molar-refractivity contribution in [2.24, 2.45) is 5.10 Å². The van der Waals surface area contributed by atoms with E-state index in [2.05, 4.69) is 17.5 Å². The molecule has 0 spiro atoms. The first-order chi connectivity index (χ1) is 12.3. The average molecular weight is 338 g/mol. The van der Waals surface area contributed by atoms with E-state index in [-0.39, 0.29) is 5.91 Å². The number of benzene rings is 2. The fourth-order valence-corrected chi connectivity index (χ4v) is 2.42. The molecule has 1 amide bonds. The van der Waals surface area contributed by atoms with Crippen molar-refractivity contribution in [3.63, 3.8) is 0 Å². The molecule has 0 saturated heterocycles. The van der Waals surface area contributed by atoms with Crippen molar-refractivity contribution in [2.75, 3.05) is 6.61 Å². The minimum atomic E-state index is -0.230. The summed E-state index contributed by atoms with van der Waals surface area (Å²) in [4.78, 5) is 12.0. The number of carbonyl (C=O) groups is 1. The summed E-state index contributed by atoms with van der Waals surface area (Å²) in [5.41, 5.74) is 3.97. The summed E-state index contributed by atoms with van der Waals surface area (Å²) in [7, 11) is 0. The lowest BCUT2D eigenvalue weighted by molar-refractivity contribution is 0.0955. The molecule has 1 N–H and O–H groups in total. The highest BCUT2D eigenvalue weighted by Crippen LogP contribution is 2.16. The fourth-order valence-electron chi connectivity index (χ4n) is 2.42. The lowest BCUT2D eigenvalue weighted by Gasteiger charge is -2.08. The van der Waals surface area contributed by atoms with E-state index in [0.717, 1.165) is 17.7 Å². The molecule has 4 nitrogen and oxygen atoms in total. The highest BCUT2D eigenvalue weighted by Gasteiger charge is 2.03. The molecule has 132 valence electrons. The van der Waals surface area contributed by atoms with Gasteiger partial charge in [-0.3, -0.25) is 4.79 Å². The number of unbranched alkanes of at least 4 members (excludes halogenated alkanes) is 4. The van der Waals surface area contributed by atoms with Crippen molar-refractivity contribution in [3.05, 3.63) is 65.7 Å². The molecule has 0 heterocycles. The van der Waals surface area contributed by atoms with Crippen molar-refractivity contribution >= 4 is 12.1 Å². The molecular weight excluding hydrogens is 312 g/mol. The molecule has 2 aromatic carbocycles. The van der Waals surface area contributed by atoms with Crippen molar-refractivity contribution in [3.8, 4) is 5.75 Å². The fraction of sp³-hybridized carbons (Fsp3) is 0.333. The zero-order chi connectivity index (χ0) is 17.7. The number of para-hydroxylation sites is 1. The van der Waals surface area contributed by atoms with E-state index in [1.54, 1.807) is 18.3 Å². The van der Waals surface area contributed by atoms with Crippen molar-refractivity contribution in [1.82, 2.24) is 5.43 Å². The SMILES string of the molecule is CCCCCCCOc1ccccc1/C=N\NC(=O)c1ccccc1. The summed E-state index contributed by atoms with van der Waals surface area (Å²) >= 11 is 0. The molecule has 2 aromatic rings. The van der Waals surface area contributed by atoms with Gasteiger partial charge in [0.05, 0.1) is 12.8 Å². The van der Waals surface area contributed by atoms with E-state index in [4.69, 9.17) is 4.74 Å². The lowest BCUT2D eigenvalue weighted by Crippen LogP contribution is -2.17. The Labute approximate surface area is 149 Å². The molecule has 0 aliphatic carbocycles. The van der Waals surface area contributed by atoms with E-state index in [1.807, 2.05) is 42.5 Å². The third-order valence-corrected chi connectivity index (χ3v) is 3.83. The van der Waals surface area contributed by atoms with Crippen molar-refractivity contribution < 1.29 is 9.53 Å². The molecule has 0 aliphatic rings. The molecule has 0 unspecified atom stereocenters. The van der Waals surface area contributed by atoms with Gasteiger partial charge in [-0.15, -0.1) is 0 Å². The molecule has 2 rings (SSSR count). The van der Waals surface area contributed by atoms with Crippen LogP contribution in [0.5, 0.6) is 5.75 Å². The maximum atomic E-state index is 12.0. The monoisotopic (exact) mass is 338 g/mol. The normalized spacial score (nSPS) is 10.8. The highest BCUT2D eigenvalue weighted by molar-refractivity contribution is 5.95. The van der Waals surface area contributed by atoms with Gasteiger partial charge >= 0.3 is 0 Å². The smallest absolute Gasteiger partial charge is 0.271 e. The van der Waals surface area contributed by atoms with Gasteiger partial charge < -0.3 is 4.74 Å². The number of rotatable bonds is 10. The van der Waals surface area contributed by atoms with Crippen LogP contribution >= 0.6 is 0 Å². The van der Waals surface area contributed by atoms with E-state index in [0.29, 0.717) is 12.2 Å². The van der Waals surface area contributed by atoms with Crippen LogP contribution in [0, 0.1) is 0 Å².